The van der Waals surface area contributed by atoms with Crippen molar-refractivity contribution in [1.82, 2.24) is 9.99 Å². The van der Waals surface area contributed by atoms with Crippen LogP contribution >= 0.6 is 15.9 Å². The molecule has 1 aromatic heterocycles. The number of hydrogen-bond donors (Lipinski definition) is 1. The number of amides is 1. The van der Waals surface area contributed by atoms with Crippen molar-refractivity contribution in [2.75, 3.05) is 6.61 Å². The van der Waals surface area contributed by atoms with Gasteiger partial charge in [0.25, 0.3) is 5.91 Å². The van der Waals surface area contributed by atoms with E-state index >= 15 is 0 Å². The van der Waals surface area contributed by atoms with E-state index in [9.17, 15) is 4.79 Å². The first-order chi connectivity index (χ1) is 15.1. The fraction of sp³-hybridized carbons (Fsp3) is 0.120. The van der Waals surface area contributed by atoms with Gasteiger partial charge in [-0.05, 0) is 36.8 Å². The molecular formula is C25H22BrN3O2. The van der Waals surface area contributed by atoms with Crippen LogP contribution in [0.1, 0.15) is 16.7 Å². The number of fused-ring (bicyclic) bond motifs is 1. The zero-order valence-corrected chi connectivity index (χ0v) is 18.7. The number of nitrogens with one attached hydrogen (secondary N) is 1. The summed E-state index contributed by atoms with van der Waals surface area (Å²) in [5, 5.41) is 5.21. The van der Waals surface area contributed by atoms with Crippen molar-refractivity contribution in [1.29, 1.82) is 0 Å². The van der Waals surface area contributed by atoms with Gasteiger partial charge in [0.05, 0.1) is 6.21 Å². The number of hydrazone groups is 1. The van der Waals surface area contributed by atoms with Gasteiger partial charge in [0.2, 0.25) is 0 Å². The van der Waals surface area contributed by atoms with Gasteiger partial charge in [-0.15, -0.1) is 0 Å². The number of aryl methyl sites for hydroxylation is 1. The van der Waals surface area contributed by atoms with Crippen molar-refractivity contribution >= 4 is 39.0 Å². The van der Waals surface area contributed by atoms with E-state index in [-0.39, 0.29) is 12.5 Å². The smallest absolute Gasteiger partial charge is 0.277 e. The van der Waals surface area contributed by atoms with Gasteiger partial charge in [-0.2, -0.15) is 5.10 Å². The molecule has 1 amide bonds. The van der Waals surface area contributed by atoms with E-state index < -0.39 is 0 Å². The largest absolute Gasteiger partial charge is 0.484 e. The van der Waals surface area contributed by atoms with Gasteiger partial charge in [-0.1, -0.05) is 70.0 Å². The van der Waals surface area contributed by atoms with Crippen molar-refractivity contribution in [3.63, 3.8) is 0 Å². The highest BCUT2D eigenvalue weighted by molar-refractivity contribution is 9.10. The molecule has 0 atom stereocenters. The number of nitrogens with zero attached hydrogens (tertiary/aromatic N) is 2. The summed E-state index contributed by atoms with van der Waals surface area (Å²) in [4.78, 5) is 12.1. The summed E-state index contributed by atoms with van der Waals surface area (Å²) in [5.41, 5.74) is 7.07. The molecule has 1 N–H and O–H groups in total. The first-order valence-corrected chi connectivity index (χ1v) is 10.7. The molecule has 0 aliphatic rings. The maximum atomic E-state index is 12.1. The van der Waals surface area contributed by atoms with Crippen LogP contribution in [-0.2, 0) is 11.3 Å². The van der Waals surface area contributed by atoms with Crippen LogP contribution in [0.15, 0.2) is 88.6 Å². The molecule has 156 valence electrons. The second-order valence-electron chi connectivity index (χ2n) is 7.26. The highest BCUT2D eigenvalue weighted by atomic mass is 79.9. The van der Waals surface area contributed by atoms with Crippen molar-refractivity contribution in [3.05, 3.63) is 100 Å². The van der Waals surface area contributed by atoms with Gasteiger partial charge in [0.15, 0.2) is 6.61 Å². The summed E-state index contributed by atoms with van der Waals surface area (Å²) in [6, 6.07) is 24.0. The fourth-order valence-corrected chi connectivity index (χ4v) is 3.81. The van der Waals surface area contributed by atoms with E-state index in [0.29, 0.717) is 5.75 Å². The Morgan fingerprint density at radius 2 is 1.94 bits per heavy atom. The molecule has 4 aromatic rings. The van der Waals surface area contributed by atoms with Gasteiger partial charge in [0.1, 0.15) is 5.75 Å². The molecule has 5 nitrogen and oxygen atoms in total. The van der Waals surface area contributed by atoms with Crippen molar-refractivity contribution in [2.24, 2.45) is 5.10 Å². The normalized spacial score (nSPS) is 11.2. The fourth-order valence-electron chi connectivity index (χ4n) is 3.43. The maximum Gasteiger partial charge on any atom is 0.277 e. The van der Waals surface area contributed by atoms with Gasteiger partial charge in [-0.3, -0.25) is 4.79 Å². The molecule has 3 aromatic carbocycles. The molecule has 31 heavy (non-hydrogen) atoms. The van der Waals surface area contributed by atoms with Gasteiger partial charge < -0.3 is 9.30 Å². The van der Waals surface area contributed by atoms with Gasteiger partial charge in [0, 0.05) is 33.7 Å². The van der Waals surface area contributed by atoms with Crippen molar-refractivity contribution in [2.45, 2.75) is 13.5 Å². The van der Waals surface area contributed by atoms with Gasteiger partial charge >= 0.3 is 0 Å². The van der Waals surface area contributed by atoms with Crippen LogP contribution in [0.5, 0.6) is 5.75 Å². The van der Waals surface area contributed by atoms with E-state index in [0.717, 1.165) is 27.5 Å². The molecule has 0 fully saturated rings. The zero-order valence-electron chi connectivity index (χ0n) is 17.1. The Kier molecular flexibility index (Phi) is 6.48. The third kappa shape index (κ3) is 5.41. The van der Waals surface area contributed by atoms with Crippen LogP contribution in [0, 0.1) is 6.92 Å². The first kappa shape index (κ1) is 20.9. The molecule has 0 unspecified atom stereocenters. The Hall–Kier alpha value is -3.38. The van der Waals surface area contributed by atoms with Crippen LogP contribution < -0.4 is 10.2 Å². The van der Waals surface area contributed by atoms with E-state index in [1.54, 1.807) is 18.3 Å². The lowest BCUT2D eigenvalue weighted by Gasteiger charge is -2.06. The van der Waals surface area contributed by atoms with Gasteiger partial charge in [-0.25, -0.2) is 5.43 Å². The number of rotatable bonds is 7. The van der Waals surface area contributed by atoms with Crippen molar-refractivity contribution in [3.8, 4) is 5.75 Å². The van der Waals surface area contributed by atoms with E-state index in [4.69, 9.17) is 4.74 Å². The average Bonchev–Trinajstić information content (AvgIpc) is 3.10. The summed E-state index contributed by atoms with van der Waals surface area (Å²) in [6.45, 7) is 2.75. The second-order valence-corrected chi connectivity index (χ2v) is 8.17. The summed E-state index contributed by atoms with van der Waals surface area (Å²) in [5.74, 6) is 0.299. The lowest BCUT2D eigenvalue weighted by molar-refractivity contribution is -0.123. The van der Waals surface area contributed by atoms with Crippen LogP contribution in [0.25, 0.3) is 10.9 Å². The van der Waals surface area contributed by atoms with E-state index in [1.807, 2.05) is 24.3 Å². The minimum absolute atomic E-state index is 0.108. The number of halogens is 1. The van der Waals surface area contributed by atoms with E-state index in [2.05, 4.69) is 80.5 Å². The predicted octanol–water partition coefficient (Wildman–Crippen LogP) is 5.29. The molecule has 0 saturated carbocycles. The molecule has 6 heteroatoms. The summed E-state index contributed by atoms with van der Waals surface area (Å²) < 4.78 is 8.57. The number of hydrogen-bond acceptors (Lipinski definition) is 3. The Bertz CT molecular complexity index is 1250. The number of carbonyl (C=O) groups excluding carboxylic acids is 1. The maximum absolute atomic E-state index is 12.1. The molecule has 0 bridgehead atoms. The van der Waals surface area contributed by atoms with E-state index in [1.165, 1.54) is 11.1 Å². The third-order valence-electron chi connectivity index (χ3n) is 4.81. The summed E-state index contributed by atoms with van der Waals surface area (Å²) in [7, 11) is 0. The average molecular weight is 476 g/mol. The zero-order chi connectivity index (χ0) is 21.6. The molecule has 0 aliphatic carbocycles. The van der Waals surface area contributed by atoms with Crippen LogP contribution in [0.4, 0.5) is 0 Å². The Morgan fingerprint density at radius 3 is 2.77 bits per heavy atom. The number of para-hydroxylation sites is 1. The summed E-state index contributed by atoms with van der Waals surface area (Å²) >= 11 is 3.38. The number of aromatic nitrogens is 1. The number of benzene rings is 3. The highest BCUT2D eigenvalue weighted by Gasteiger charge is 2.08. The molecule has 1 heterocycles. The Morgan fingerprint density at radius 1 is 1.10 bits per heavy atom. The molecule has 0 spiro atoms. The third-order valence-corrected chi connectivity index (χ3v) is 5.31. The van der Waals surface area contributed by atoms with Crippen LogP contribution in [0.3, 0.4) is 0 Å². The molecule has 0 saturated heterocycles. The number of ether oxygens (including phenoxy) is 1. The standard InChI is InChI=1S/C25H22BrN3O2/c1-18-6-4-7-19(12-18)15-29-16-20(23-10-2-3-11-24(23)29)14-27-28-25(30)17-31-22-9-5-8-21(26)13-22/h2-14,16H,15,17H2,1H3,(H,28,30)/b27-14+. The van der Waals surface area contributed by atoms with Crippen LogP contribution in [-0.4, -0.2) is 23.3 Å². The number of carbonyl (C=O) groups is 1. The summed E-state index contributed by atoms with van der Waals surface area (Å²) in [6.07, 6.45) is 3.73. The molecule has 4 rings (SSSR count). The predicted molar refractivity (Wildman–Crippen MR) is 128 cm³/mol. The molecule has 0 aliphatic heterocycles. The quantitative estimate of drug-likeness (QED) is 0.291. The minimum atomic E-state index is -0.320. The van der Waals surface area contributed by atoms with Crippen molar-refractivity contribution < 1.29 is 9.53 Å². The topological polar surface area (TPSA) is 55.6 Å². The lowest BCUT2D eigenvalue weighted by Crippen LogP contribution is -2.24. The molecule has 0 radical (unpaired) electrons. The monoisotopic (exact) mass is 475 g/mol. The molecular weight excluding hydrogens is 454 g/mol. The lowest BCUT2D eigenvalue weighted by atomic mass is 10.1. The Balaban J connectivity index is 1.44. The Labute approximate surface area is 189 Å². The second kappa shape index (κ2) is 9.62. The van der Waals surface area contributed by atoms with Crippen LogP contribution in [0.2, 0.25) is 0 Å². The first-order valence-electron chi connectivity index (χ1n) is 9.92. The highest BCUT2D eigenvalue weighted by Crippen LogP contribution is 2.21. The minimum Gasteiger partial charge on any atom is -0.484 e. The SMILES string of the molecule is Cc1cccc(Cn2cc(/C=N/NC(=O)COc3cccc(Br)c3)c3ccccc32)c1.